The van der Waals surface area contributed by atoms with E-state index in [-0.39, 0.29) is 12.1 Å². The number of para-hydroxylation sites is 1. The first-order valence-corrected chi connectivity index (χ1v) is 8.52. The SMILES string of the molecule is CN1CCC(CCN2C(=O)OCC2COc2ccccc2)CC1. The van der Waals surface area contributed by atoms with E-state index in [1.807, 2.05) is 35.2 Å². The Morgan fingerprint density at radius 2 is 1.96 bits per heavy atom. The maximum Gasteiger partial charge on any atom is 0.410 e. The lowest BCUT2D eigenvalue weighted by Gasteiger charge is -2.30. The van der Waals surface area contributed by atoms with Crippen LogP contribution in [0.1, 0.15) is 19.3 Å². The highest BCUT2D eigenvalue weighted by Gasteiger charge is 2.33. The first-order valence-electron chi connectivity index (χ1n) is 8.52. The van der Waals surface area contributed by atoms with Crippen molar-refractivity contribution < 1.29 is 14.3 Å². The Kier molecular flexibility index (Phi) is 5.39. The van der Waals surface area contributed by atoms with Crippen molar-refractivity contribution in [2.75, 3.05) is 39.9 Å². The summed E-state index contributed by atoms with van der Waals surface area (Å²) in [6.45, 7) is 4.02. The van der Waals surface area contributed by atoms with Gasteiger partial charge in [0.1, 0.15) is 25.0 Å². The second-order valence-corrected chi connectivity index (χ2v) is 6.58. The number of hydrogen-bond donors (Lipinski definition) is 0. The Balaban J connectivity index is 1.47. The normalized spacial score (nSPS) is 23.1. The highest BCUT2D eigenvalue weighted by Crippen LogP contribution is 2.22. The molecule has 0 spiro atoms. The summed E-state index contributed by atoms with van der Waals surface area (Å²) < 4.78 is 11.0. The molecule has 5 heteroatoms. The fraction of sp³-hybridized carbons (Fsp3) is 0.611. The van der Waals surface area contributed by atoms with E-state index in [0.29, 0.717) is 13.2 Å². The molecule has 2 heterocycles. The number of carbonyl (C=O) groups excluding carboxylic acids is 1. The molecule has 2 saturated heterocycles. The predicted molar refractivity (Wildman–Crippen MR) is 88.6 cm³/mol. The number of cyclic esters (lactones) is 1. The van der Waals surface area contributed by atoms with E-state index in [1.54, 1.807) is 0 Å². The van der Waals surface area contributed by atoms with Crippen LogP contribution in [0.4, 0.5) is 4.79 Å². The average molecular weight is 318 g/mol. The van der Waals surface area contributed by atoms with Crippen LogP contribution in [0, 0.1) is 5.92 Å². The molecule has 2 aliphatic heterocycles. The lowest BCUT2D eigenvalue weighted by molar-refractivity contribution is 0.146. The van der Waals surface area contributed by atoms with E-state index < -0.39 is 0 Å². The zero-order valence-electron chi connectivity index (χ0n) is 13.8. The third-order valence-corrected chi connectivity index (χ3v) is 4.88. The number of likely N-dealkylation sites (tertiary alicyclic amines) is 1. The number of piperidine rings is 1. The van der Waals surface area contributed by atoms with Crippen molar-refractivity contribution in [3.63, 3.8) is 0 Å². The first kappa shape index (κ1) is 16.1. The van der Waals surface area contributed by atoms with E-state index in [1.165, 1.54) is 12.8 Å². The summed E-state index contributed by atoms with van der Waals surface area (Å²) in [5, 5.41) is 0. The summed E-state index contributed by atoms with van der Waals surface area (Å²) in [7, 11) is 2.17. The fourth-order valence-electron chi connectivity index (χ4n) is 3.28. The van der Waals surface area contributed by atoms with Gasteiger partial charge in [-0.3, -0.25) is 4.90 Å². The summed E-state index contributed by atoms with van der Waals surface area (Å²) in [5.74, 6) is 1.55. The van der Waals surface area contributed by atoms with Crippen molar-refractivity contribution in [1.29, 1.82) is 0 Å². The summed E-state index contributed by atoms with van der Waals surface area (Å²) in [6.07, 6.45) is 3.32. The van der Waals surface area contributed by atoms with Crippen molar-refractivity contribution in [3.8, 4) is 5.75 Å². The van der Waals surface area contributed by atoms with Crippen molar-refractivity contribution in [1.82, 2.24) is 9.80 Å². The van der Waals surface area contributed by atoms with Gasteiger partial charge in [-0.05, 0) is 57.5 Å². The van der Waals surface area contributed by atoms with Gasteiger partial charge in [0, 0.05) is 6.54 Å². The molecule has 1 aromatic carbocycles. The van der Waals surface area contributed by atoms with Crippen molar-refractivity contribution in [3.05, 3.63) is 30.3 Å². The summed E-state index contributed by atoms with van der Waals surface area (Å²) in [4.78, 5) is 16.2. The monoisotopic (exact) mass is 318 g/mol. The summed E-state index contributed by atoms with van der Waals surface area (Å²) in [6, 6.07) is 9.74. The Morgan fingerprint density at radius 3 is 2.70 bits per heavy atom. The fourth-order valence-corrected chi connectivity index (χ4v) is 3.28. The molecular formula is C18H26N2O3. The minimum atomic E-state index is -0.195. The van der Waals surface area contributed by atoms with Gasteiger partial charge in [-0.1, -0.05) is 18.2 Å². The molecule has 0 saturated carbocycles. The quantitative estimate of drug-likeness (QED) is 0.808. The second-order valence-electron chi connectivity index (χ2n) is 6.58. The van der Waals surface area contributed by atoms with Crippen molar-refractivity contribution >= 4 is 6.09 Å². The van der Waals surface area contributed by atoms with Crippen LogP contribution in [-0.4, -0.2) is 61.8 Å². The topological polar surface area (TPSA) is 42.0 Å². The minimum absolute atomic E-state index is 0.0222. The third-order valence-electron chi connectivity index (χ3n) is 4.88. The van der Waals surface area contributed by atoms with Gasteiger partial charge in [0.2, 0.25) is 0 Å². The molecule has 2 fully saturated rings. The molecule has 0 aromatic heterocycles. The molecule has 2 aliphatic rings. The molecule has 23 heavy (non-hydrogen) atoms. The molecule has 1 atom stereocenters. The Hall–Kier alpha value is -1.75. The Morgan fingerprint density at radius 1 is 1.22 bits per heavy atom. The lowest BCUT2D eigenvalue weighted by atomic mass is 9.93. The zero-order valence-corrected chi connectivity index (χ0v) is 13.8. The van der Waals surface area contributed by atoms with Gasteiger partial charge in [-0.15, -0.1) is 0 Å². The molecule has 126 valence electrons. The van der Waals surface area contributed by atoms with Gasteiger partial charge in [-0.25, -0.2) is 4.79 Å². The van der Waals surface area contributed by atoms with Gasteiger partial charge in [-0.2, -0.15) is 0 Å². The lowest BCUT2D eigenvalue weighted by Crippen LogP contribution is -2.40. The van der Waals surface area contributed by atoms with Gasteiger partial charge in [0.25, 0.3) is 0 Å². The summed E-state index contributed by atoms with van der Waals surface area (Å²) >= 11 is 0. The molecule has 1 aromatic rings. The second kappa shape index (κ2) is 7.68. The maximum absolute atomic E-state index is 12.0. The van der Waals surface area contributed by atoms with Crippen LogP contribution in [0.3, 0.4) is 0 Å². The third kappa shape index (κ3) is 4.38. The predicted octanol–water partition coefficient (Wildman–Crippen LogP) is 2.62. The molecule has 1 amide bonds. The standard InChI is InChI=1S/C18H26N2O3/c1-19-10-7-15(8-11-19)9-12-20-16(14-23-18(20)21)13-22-17-5-3-2-4-6-17/h2-6,15-16H,7-14H2,1H3. The number of amides is 1. The van der Waals surface area contributed by atoms with Gasteiger partial charge >= 0.3 is 6.09 Å². The smallest absolute Gasteiger partial charge is 0.410 e. The Labute approximate surface area is 138 Å². The van der Waals surface area contributed by atoms with E-state index in [4.69, 9.17) is 9.47 Å². The zero-order chi connectivity index (χ0) is 16.1. The van der Waals surface area contributed by atoms with Gasteiger partial charge in [0.15, 0.2) is 0 Å². The number of hydrogen-bond acceptors (Lipinski definition) is 4. The molecule has 0 radical (unpaired) electrons. The van der Waals surface area contributed by atoms with E-state index >= 15 is 0 Å². The number of carbonyl (C=O) groups is 1. The number of nitrogens with zero attached hydrogens (tertiary/aromatic N) is 2. The van der Waals surface area contributed by atoms with Gasteiger partial charge < -0.3 is 14.4 Å². The van der Waals surface area contributed by atoms with Crippen LogP contribution < -0.4 is 4.74 Å². The van der Waals surface area contributed by atoms with Crippen LogP contribution in [0.2, 0.25) is 0 Å². The van der Waals surface area contributed by atoms with E-state index in [9.17, 15) is 4.79 Å². The maximum atomic E-state index is 12.0. The van der Waals surface area contributed by atoms with Crippen LogP contribution in [-0.2, 0) is 4.74 Å². The number of benzene rings is 1. The summed E-state index contributed by atoms with van der Waals surface area (Å²) in [5.41, 5.74) is 0. The van der Waals surface area contributed by atoms with Crippen LogP contribution in [0.25, 0.3) is 0 Å². The van der Waals surface area contributed by atoms with Crippen molar-refractivity contribution in [2.24, 2.45) is 5.92 Å². The molecule has 1 unspecified atom stereocenters. The van der Waals surface area contributed by atoms with Crippen LogP contribution >= 0.6 is 0 Å². The number of ether oxygens (including phenoxy) is 2. The largest absolute Gasteiger partial charge is 0.491 e. The van der Waals surface area contributed by atoms with Gasteiger partial charge in [0.05, 0.1) is 0 Å². The average Bonchev–Trinajstić information content (AvgIpc) is 2.93. The van der Waals surface area contributed by atoms with Crippen LogP contribution in [0.5, 0.6) is 5.75 Å². The minimum Gasteiger partial charge on any atom is -0.491 e. The molecule has 3 rings (SSSR count). The molecular weight excluding hydrogens is 292 g/mol. The molecule has 5 nitrogen and oxygen atoms in total. The van der Waals surface area contributed by atoms with Crippen LogP contribution in [0.15, 0.2) is 30.3 Å². The Bertz CT molecular complexity index is 500. The highest BCUT2D eigenvalue weighted by atomic mass is 16.6. The molecule has 0 aliphatic carbocycles. The van der Waals surface area contributed by atoms with Crippen molar-refractivity contribution in [2.45, 2.75) is 25.3 Å². The highest BCUT2D eigenvalue weighted by molar-refractivity contribution is 5.70. The molecule has 0 bridgehead atoms. The van der Waals surface area contributed by atoms with E-state index in [0.717, 1.165) is 37.7 Å². The number of rotatable bonds is 6. The molecule has 0 N–H and O–H groups in total. The van der Waals surface area contributed by atoms with E-state index in [2.05, 4.69) is 11.9 Å². The first-order chi connectivity index (χ1) is 11.2.